The van der Waals surface area contributed by atoms with Gasteiger partial charge in [-0.2, -0.15) is 0 Å². The van der Waals surface area contributed by atoms with Crippen molar-refractivity contribution in [2.75, 3.05) is 11.9 Å². The first-order valence-corrected chi connectivity index (χ1v) is 7.05. The Kier molecular flexibility index (Phi) is 3.77. The van der Waals surface area contributed by atoms with E-state index < -0.39 is 0 Å². The molecule has 0 aromatic heterocycles. The van der Waals surface area contributed by atoms with Gasteiger partial charge in [0.1, 0.15) is 0 Å². The molecular weight excluding hydrogens is 266 g/mol. The van der Waals surface area contributed by atoms with Crippen LogP contribution in [0.15, 0.2) is 42.5 Å². The normalized spacial score (nSPS) is 12.8. The smallest absolute Gasteiger partial charge is 0.262 e. The molecule has 4 heteroatoms. The maximum atomic E-state index is 11.9. The van der Waals surface area contributed by atoms with Gasteiger partial charge in [0, 0.05) is 5.69 Å². The molecule has 1 amide bonds. The molecule has 0 unspecified atom stereocenters. The van der Waals surface area contributed by atoms with E-state index in [2.05, 4.69) is 11.4 Å². The number of para-hydroxylation sites is 2. The molecule has 1 aliphatic carbocycles. The fourth-order valence-electron chi connectivity index (χ4n) is 2.57. The molecule has 0 aliphatic heterocycles. The minimum atomic E-state index is -0.240. The number of phenolic OH excluding ortho intramolecular Hbond substituents is 1. The predicted octanol–water partition coefficient (Wildman–Crippen LogP) is 2.90. The monoisotopic (exact) mass is 283 g/mol. The van der Waals surface area contributed by atoms with E-state index in [-0.39, 0.29) is 18.3 Å². The highest BCUT2D eigenvalue weighted by Crippen LogP contribution is 2.26. The van der Waals surface area contributed by atoms with E-state index in [1.807, 2.05) is 12.1 Å². The van der Waals surface area contributed by atoms with Crippen LogP contribution in [0.2, 0.25) is 0 Å². The van der Waals surface area contributed by atoms with E-state index in [9.17, 15) is 9.90 Å². The number of carbonyl (C=O) groups is 1. The van der Waals surface area contributed by atoms with E-state index >= 15 is 0 Å². The van der Waals surface area contributed by atoms with Gasteiger partial charge < -0.3 is 15.2 Å². The van der Waals surface area contributed by atoms with Gasteiger partial charge in [-0.3, -0.25) is 4.79 Å². The Balaban J connectivity index is 1.58. The molecule has 4 nitrogen and oxygen atoms in total. The summed E-state index contributed by atoms with van der Waals surface area (Å²) in [6, 6.07) is 12.6. The average Bonchev–Trinajstić information content (AvgIpc) is 2.94. The summed E-state index contributed by atoms with van der Waals surface area (Å²) >= 11 is 0. The number of hydrogen-bond donors (Lipinski definition) is 2. The lowest BCUT2D eigenvalue weighted by molar-refractivity contribution is -0.118. The molecule has 0 radical (unpaired) electrons. The number of nitrogens with one attached hydrogen (secondary N) is 1. The second-order valence-corrected chi connectivity index (χ2v) is 5.14. The van der Waals surface area contributed by atoms with Crippen LogP contribution in [0.1, 0.15) is 17.5 Å². The molecule has 3 rings (SSSR count). The van der Waals surface area contributed by atoms with Gasteiger partial charge in [0.05, 0.1) is 0 Å². The third-order valence-corrected chi connectivity index (χ3v) is 3.61. The van der Waals surface area contributed by atoms with Crippen LogP contribution in [-0.2, 0) is 17.6 Å². The van der Waals surface area contributed by atoms with Gasteiger partial charge >= 0.3 is 0 Å². The van der Waals surface area contributed by atoms with E-state index in [0.29, 0.717) is 5.75 Å². The van der Waals surface area contributed by atoms with E-state index in [1.54, 1.807) is 18.2 Å². The molecular formula is C17H17NO3. The standard InChI is InChI=1S/C17H17NO3/c19-15-6-1-2-7-16(15)21-11-17(20)18-14-9-8-12-4-3-5-13(12)10-14/h1-2,6-10,19H,3-5,11H2,(H,18,20). The number of ether oxygens (including phenoxy) is 1. The number of hydrogen-bond acceptors (Lipinski definition) is 3. The van der Waals surface area contributed by atoms with Crippen LogP contribution in [-0.4, -0.2) is 17.6 Å². The fourth-order valence-corrected chi connectivity index (χ4v) is 2.57. The van der Waals surface area contributed by atoms with Crippen molar-refractivity contribution in [3.63, 3.8) is 0 Å². The highest BCUT2D eigenvalue weighted by molar-refractivity contribution is 5.92. The number of amides is 1. The Hall–Kier alpha value is -2.49. The van der Waals surface area contributed by atoms with Gasteiger partial charge in [0.2, 0.25) is 0 Å². The second-order valence-electron chi connectivity index (χ2n) is 5.14. The lowest BCUT2D eigenvalue weighted by atomic mass is 10.1. The molecule has 2 N–H and O–H groups in total. The number of phenols is 1. The molecule has 2 aromatic rings. The number of aryl methyl sites for hydroxylation is 2. The molecule has 0 saturated carbocycles. The van der Waals surface area contributed by atoms with Crippen molar-refractivity contribution in [3.05, 3.63) is 53.6 Å². The first kappa shape index (κ1) is 13.5. The third-order valence-electron chi connectivity index (χ3n) is 3.61. The maximum Gasteiger partial charge on any atom is 0.262 e. The van der Waals surface area contributed by atoms with Crippen LogP contribution in [0.3, 0.4) is 0 Å². The zero-order valence-electron chi connectivity index (χ0n) is 11.6. The largest absolute Gasteiger partial charge is 0.504 e. The van der Waals surface area contributed by atoms with Crippen LogP contribution in [0.5, 0.6) is 11.5 Å². The average molecular weight is 283 g/mol. The van der Waals surface area contributed by atoms with Crippen LogP contribution in [0, 0.1) is 0 Å². The lowest BCUT2D eigenvalue weighted by Crippen LogP contribution is -2.20. The second kappa shape index (κ2) is 5.87. The highest BCUT2D eigenvalue weighted by atomic mass is 16.5. The SMILES string of the molecule is O=C(COc1ccccc1O)Nc1ccc2c(c1)CCC2. The summed E-state index contributed by atoms with van der Waals surface area (Å²) in [5.41, 5.74) is 3.48. The zero-order valence-corrected chi connectivity index (χ0v) is 11.6. The summed E-state index contributed by atoms with van der Waals surface area (Å²) in [7, 11) is 0. The molecule has 108 valence electrons. The van der Waals surface area contributed by atoms with Gasteiger partial charge in [0.25, 0.3) is 5.91 Å². The number of carbonyl (C=O) groups excluding carboxylic acids is 1. The maximum absolute atomic E-state index is 11.9. The highest BCUT2D eigenvalue weighted by Gasteiger charge is 2.12. The number of benzene rings is 2. The topological polar surface area (TPSA) is 58.6 Å². The van der Waals surface area contributed by atoms with Crippen molar-refractivity contribution < 1.29 is 14.6 Å². The third kappa shape index (κ3) is 3.16. The number of rotatable bonds is 4. The van der Waals surface area contributed by atoms with Crippen LogP contribution in [0.4, 0.5) is 5.69 Å². The number of fused-ring (bicyclic) bond motifs is 1. The van der Waals surface area contributed by atoms with Crippen LogP contribution in [0.25, 0.3) is 0 Å². The Morgan fingerprint density at radius 1 is 1.14 bits per heavy atom. The molecule has 0 bridgehead atoms. The Morgan fingerprint density at radius 3 is 2.81 bits per heavy atom. The van der Waals surface area contributed by atoms with Crippen LogP contribution >= 0.6 is 0 Å². The van der Waals surface area contributed by atoms with Crippen molar-refractivity contribution in [2.45, 2.75) is 19.3 Å². The summed E-state index contributed by atoms with van der Waals surface area (Å²) in [6.07, 6.45) is 3.39. The van der Waals surface area contributed by atoms with Crippen molar-refractivity contribution in [3.8, 4) is 11.5 Å². The van der Waals surface area contributed by atoms with Gasteiger partial charge in [-0.25, -0.2) is 0 Å². The molecule has 0 fully saturated rings. The number of aromatic hydroxyl groups is 1. The summed E-state index contributed by atoms with van der Waals surface area (Å²) in [5.74, 6) is 0.0978. The number of anilines is 1. The first-order chi connectivity index (χ1) is 10.2. The molecule has 0 heterocycles. The fraction of sp³-hybridized carbons (Fsp3) is 0.235. The summed E-state index contributed by atoms with van der Waals surface area (Å²) in [5, 5.41) is 12.4. The van der Waals surface area contributed by atoms with Crippen molar-refractivity contribution >= 4 is 11.6 Å². The summed E-state index contributed by atoms with van der Waals surface area (Å²) in [4.78, 5) is 11.9. The van der Waals surface area contributed by atoms with E-state index in [4.69, 9.17) is 4.74 Å². The molecule has 0 spiro atoms. The molecule has 2 aromatic carbocycles. The molecule has 0 saturated heterocycles. The minimum Gasteiger partial charge on any atom is -0.504 e. The van der Waals surface area contributed by atoms with E-state index in [1.165, 1.54) is 23.6 Å². The van der Waals surface area contributed by atoms with Gasteiger partial charge in [0.15, 0.2) is 18.1 Å². The Labute approximate surface area is 123 Å². The summed E-state index contributed by atoms with van der Waals surface area (Å²) < 4.78 is 5.30. The molecule has 0 atom stereocenters. The van der Waals surface area contributed by atoms with Crippen molar-refractivity contribution in [1.82, 2.24) is 0 Å². The molecule has 1 aliphatic rings. The molecule has 21 heavy (non-hydrogen) atoms. The van der Waals surface area contributed by atoms with Crippen LogP contribution < -0.4 is 10.1 Å². The Bertz CT molecular complexity index is 667. The quantitative estimate of drug-likeness (QED) is 0.907. The van der Waals surface area contributed by atoms with Gasteiger partial charge in [-0.15, -0.1) is 0 Å². The minimum absolute atomic E-state index is 0.0304. The van der Waals surface area contributed by atoms with Gasteiger partial charge in [-0.05, 0) is 54.7 Å². The van der Waals surface area contributed by atoms with E-state index in [0.717, 1.165) is 18.5 Å². The predicted molar refractivity (Wildman–Crippen MR) is 80.7 cm³/mol. The Morgan fingerprint density at radius 2 is 1.95 bits per heavy atom. The van der Waals surface area contributed by atoms with Crippen molar-refractivity contribution in [1.29, 1.82) is 0 Å². The summed E-state index contributed by atoms with van der Waals surface area (Å²) in [6.45, 7) is -0.130. The van der Waals surface area contributed by atoms with Gasteiger partial charge in [-0.1, -0.05) is 18.2 Å². The first-order valence-electron chi connectivity index (χ1n) is 7.05. The lowest BCUT2D eigenvalue weighted by Gasteiger charge is -2.09. The zero-order chi connectivity index (χ0) is 14.7. The van der Waals surface area contributed by atoms with Crippen molar-refractivity contribution in [2.24, 2.45) is 0 Å².